The first-order chi connectivity index (χ1) is 9.72. The van der Waals surface area contributed by atoms with Gasteiger partial charge in [-0.05, 0) is 30.5 Å². The predicted molar refractivity (Wildman–Crippen MR) is 78.4 cm³/mol. The first-order valence-corrected chi connectivity index (χ1v) is 6.87. The van der Waals surface area contributed by atoms with Crippen molar-refractivity contribution in [2.75, 3.05) is 11.4 Å². The molecule has 0 saturated carbocycles. The van der Waals surface area contributed by atoms with Crippen LogP contribution in [-0.4, -0.2) is 17.6 Å². The number of rotatable bonds is 2. The highest BCUT2D eigenvalue weighted by molar-refractivity contribution is 6.00. The van der Waals surface area contributed by atoms with Crippen LogP contribution in [0.2, 0.25) is 0 Å². The summed E-state index contributed by atoms with van der Waals surface area (Å²) in [5, 5.41) is 10.9. The summed E-state index contributed by atoms with van der Waals surface area (Å²) in [6.07, 6.45) is 1.26. The number of carbonyl (C=O) groups is 1. The number of aliphatic hydroxyl groups is 1. The number of hydrogen-bond donors (Lipinski definition) is 1. The first kappa shape index (κ1) is 12.9. The number of carbonyl (C=O) groups excluding carboxylic acids is 1. The molecule has 3 heteroatoms. The van der Waals surface area contributed by atoms with E-state index in [1.165, 1.54) is 0 Å². The van der Waals surface area contributed by atoms with Crippen molar-refractivity contribution in [3.63, 3.8) is 0 Å². The number of hydrogen-bond acceptors (Lipinski definition) is 2. The normalized spacial score (nSPS) is 22.9. The van der Waals surface area contributed by atoms with Crippen LogP contribution < -0.4 is 4.90 Å². The number of para-hydroxylation sites is 1. The van der Waals surface area contributed by atoms with Crippen LogP contribution in [-0.2, 0) is 10.4 Å². The molecule has 1 aliphatic heterocycles. The third-order valence-electron chi connectivity index (χ3n) is 3.84. The van der Waals surface area contributed by atoms with Gasteiger partial charge < -0.3 is 10.0 Å². The minimum absolute atomic E-state index is 0.235. The van der Waals surface area contributed by atoms with E-state index in [1.54, 1.807) is 4.90 Å². The summed E-state index contributed by atoms with van der Waals surface area (Å²) in [5.74, 6) is -0.235. The lowest BCUT2D eigenvalue weighted by atomic mass is 9.84. The Balaban J connectivity index is 1.97. The molecule has 0 radical (unpaired) electrons. The molecule has 20 heavy (non-hydrogen) atoms. The number of benzene rings is 2. The summed E-state index contributed by atoms with van der Waals surface area (Å²) in [6, 6.07) is 18.7. The van der Waals surface area contributed by atoms with Gasteiger partial charge in [-0.2, -0.15) is 0 Å². The molecule has 1 heterocycles. The molecule has 1 saturated heterocycles. The van der Waals surface area contributed by atoms with Crippen LogP contribution in [0.4, 0.5) is 5.69 Å². The fourth-order valence-electron chi connectivity index (χ4n) is 2.76. The van der Waals surface area contributed by atoms with Gasteiger partial charge in [0.25, 0.3) is 5.91 Å². The molecule has 2 aromatic carbocycles. The molecule has 0 bridgehead atoms. The van der Waals surface area contributed by atoms with Crippen LogP contribution in [0, 0.1) is 0 Å². The molecular formula is C17H17NO2. The standard InChI is InChI=1S/C17H17NO2/c19-16-17(20,14-8-3-1-4-9-14)12-7-13-18(16)15-10-5-2-6-11-15/h1-6,8-11,20H,7,12-13H2/t17-/m1/s1. The Morgan fingerprint density at radius 3 is 2.20 bits per heavy atom. The van der Waals surface area contributed by atoms with E-state index in [1.807, 2.05) is 60.7 Å². The van der Waals surface area contributed by atoms with Crippen molar-refractivity contribution in [3.8, 4) is 0 Å². The Labute approximate surface area is 118 Å². The minimum Gasteiger partial charge on any atom is -0.375 e. The quantitative estimate of drug-likeness (QED) is 0.908. The van der Waals surface area contributed by atoms with E-state index in [4.69, 9.17) is 0 Å². The molecule has 3 rings (SSSR count). The van der Waals surface area contributed by atoms with Crippen LogP contribution in [0.15, 0.2) is 60.7 Å². The first-order valence-electron chi connectivity index (χ1n) is 6.87. The summed E-state index contributed by atoms with van der Waals surface area (Å²) in [6.45, 7) is 0.651. The van der Waals surface area contributed by atoms with Gasteiger partial charge in [-0.3, -0.25) is 4.79 Å². The van der Waals surface area contributed by atoms with Crippen molar-refractivity contribution in [1.82, 2.24) is 0 Å². The average molecular weight is 267 g/mol. The van der Waals surface area contributed by atoms with E-state index in [-0.39, 0.29) is 5.91 Å². The van der Waals surface area contributed by atoms with Crippen molar-refractivity contribution in [2.24, 2.45) is 0 Å². The molecule has 102 valence electrons. The van der Waals surface area contributed by atoms with Gasteiger partial charge in [0, 0.05) is 12.2 Å². The van der Waals surface area contributed by atoms with Gasteiger partial charge in [0.1, 0.15) is 0 Å². The Morgan fingerprint density at radius 2 is 1.55 bits per heavy atom. The fraction of sp³-hybridized carbons (Fsp3) is 0.235. The maximum absolute atomic E-state index is 12.7. The van der Waals surface area contributed by atoms with E-state index in [0.717, 1.165) is 12.1 Å². The number of anilines is 1. The third kappa shape index (κ3) is 2.10. The van der Waals surface area contributed by atoms with E-state index >= 15 is 0 Å². The van der Waals surface area contributed by atoms with Crippen molar-refractivity contribution in [1.29, 1.82) is 0 Å². The molecule has 1 amide bonds. The molecule has 1 fully saturated rings. The lowest BCUT2D eigenvalue weighted by Gasteiger charge is -2.38. The molecule has 1 N–H and O–H groups in total. The van der Waals surface area contributed by atoms with E-state index < -0.39 is 5.60 Å². The Bertz CT molecular complexity index is 597. The van der Waals surface area contributed by atoms with Crippen molar-refractivity contribution < 1.29 is 9.90 Å². The third-order valence-corrected chi connectivity index (χ3v) is 3.84. The number of amides is 1. The minimum atomic E-state index is -1.41. The van der Waals surface area contributed by atoms with Gasteiger partial charge in [0.05, 0.1) is 0 Å². The second-order valence-corrected chi connectivity index (χ2v) is 5.12. The fourth-order valence-corrected chi connectivity index (χ4v) is 2.76. The van der Waals surface area contributed by atoms with Gasteiger partial charge in [-0.15, -0.1) is 0 Å². The SMILES string of the molecule is O=C1N(c2ccccc2)CCC[C@@]1(O)c1ccccc1. The van der Waals surface area contributed by atoms with Crippen molar-refractivity contribution in [2.45, 2.75) is 18.4 Å². The zero-order valence-electron chi connectivity index (χ0n) is 11.2. The highest BCUT2D eigenvalue weighted by Gasteiger charge is 2.43. The number of nitrogens with zero attached hydrogens (tertiary/aromatic N) is 1. The average Bonchev–Trinajstić information content (AvgIpc) is 2.52. The van der Waals surface area contributed by atoms with Crippen molar-refractivity contribution >= 4 is 11.6 Å². The molecule has 1 aliphatic rings. The lowest BCUT2D eigenvalue weighted by Crippen LogP contribution is -2.51. The Hall–Kier alpha value is -2.13. The molecule has 0 unspecified atom stereocenters. The largest absolute Gasteiger partial charge is 0.375 e. The zero-order valence-corrected chi connectivity index (χ0v) is 11.2. The molecule has 1 atom stereocenters. The molecule has 0 aromatic heterocycles. The monoisotopic (exact) mass is 267 g/mol. The second kappa shape index (κ2) is 5.10. The zero-order chi connectivity index (χ0) is 14.0. The molecule has 3 nitrogen and oxygen atoms in total. The van der Waals surface area contributed by atoms with E-state index in [2.05, 4.69) is 0 Å². The smallest absolute Gasteiger partial charge is 0.263 e. The second-order valence-electron chi connectivity index (χ2n) is 5.12. The predicted octanol–water partition coefficient (Wildman–Crippen LogP) is 2.70. The molecule has 0 spiro atoms. The van der Waals surface area contributed by atoms with Crippen LogP contribution in [0.1, 0.15) is 18.4 Å². The molecular weight excluding hydrogens is 250 g/mol. The summed E-state index contributed by atoms with van der Waals surface area (Å²) in [4.78, 5) is 14.4. The van der Waals surface area contributed by atoms with Gasteiger partial charge >= 0.3 is 0 Å². The van der Waals surface area contributed by atoms with Crippen LogP contribution >= 0.6 is 0 Å². The topological polar surface area (TPSA) is 40.5 Å². The van der Waals surface area contributed by atoms with Gasteiger partial charge in [-0.25, -0.2) is 0 Å². The van der Waals surface area contributed by atoms with Crippen molar-refractivity contribution in [3.05, 3.63) is 66.2 Å². The van der Waals surface area contributed by atoms with Gasteiger partial charge in [0.2, 0.25) is 0 Å². The summed E-state index contributed by atoms with van der Waals surface area (Å²) < 4.78 is 0. The summed E-state index contributed by atoms with van der Waals surface area (Å²) in [5.41, 5.74) is 0.104. The van der Waals surface area contributed by atoms with Crippen LogP contribution in [0.5, 0.6) is 0 Å². The number of piperidine rings is 1. The van der Waals surface area contributed by atoms with Gasteiger partial charge in [0.15, 0.2) is 5.60 Å². The van der Waals surface area contributed by atoms with Crippen LogP contribution in [0.3, 0.4) is 0 Å². The lowest BCUT2D eigenvalue weighted by molar-refractivity contribution is -0.141. The maximum atomic E-state index is 12.7. The van der Waals surface area contributed by atoms with Gasteiger partial charge in [-0.1, -0.05) is 48.5 Å². The highest BCUT2D eigenvalue weighted by atomic mass is 16.3. The Morgan fingerprint density at radius 1 is 0.950 bits per heavy atom. The summed E-state index contributed by atoms with van der Waals surface area (Å²) >= 11 is 0. The molecule has 0 aliphatic carbocycles. The van der Waals surface area contributed by atoms with E-state index in [9.17, 15) is 9.90 Å². The van der Waals surface area contributed by atoms with E-state index in [0.29, 0.717) is 18.5 Å². The highest BCUT2D eigenvalue weighted by Crippen LogP contribution is 2.34. The maximum Gasteiger partial charge on any atom is 0.263 e. The molecule has 2 aromatic rings. The Kier molecular flexibility index (Phi) is 3.28. The summed E-state index contributed by atoms with van der Waals surface area (Å²) in [7, 11) is 0. The van der Waals surface area contributed by atoms with Crippen LogP contribution in [0.25, 0.3) is 0 Å².